The van der Waals surface area contributed by atoms with Crippen molar-refractivity contribution < 1.29 is 9.47 Å². The maximum atomic E-state index is 6.33. The van der Waals surface area contributed by atoms with Gasteiger partial charge in [-0.05, 0) is 43.5 Å². The van der Waals surface area contributed by atoms with E-state index >= 15 is 0 Å². The van der Waals surface area contributed by atoms with Gasteiger partial charge in [0.05, 0.1) is 19.2 Å². The molecule has 0 amide bonds. The normalized spacial score (nSPS) is 19.4. The summed E-state index contributed by atoms with van der Waals surface area (Å²) in [5.74, 6) is 1.32. The Morgan fingerprint density at radius 3 is 2.65 bits per heavy atom. The minimum atomic E-state index is 0.382. The fourth-order valence-corrected chi connectivity index (χ4v) is 2.65. The van der Waals surface area contributed by atoms with Crippen LogP contribution in [-0.2, 0) is 0 Å². The lowest BCUT2D eigenvalue weighted by Gasteiger charge is -2.19. The van der Waals surface area contributed by atoms with Crippen LogP contribution >= 0.6 is 11.6 Å². The van der Waals surface area contributed by atoms with Crippen LogP contribution in [0.4, 0.5) is 0 Å². The van der Waals surface area contributed by atoms with Crippen LogP contribution in [-0.4, -0.2) is 20.8 Å². The molecule has 2 rings (SSSR count). The first-order chi connectivity index (χ1) is 8.19. The summed E-state index contributed by atoms with van der Waals surface area (Å²) < 4.78 is 10.6. The van der Waals surface area contributed by atoms with Crippen LogP contribution in [0.25, 0.3) is 0 Å². The summed E-state index contributed by atoms with van der Waals surface area (Å²) in [6.45, 7) is 3.09. The predicted molar refractivity (Wildman–Crippen MR) is 69.3 cm³/mol. The molecule has 1 fully saturated rings. The summed E-state index contributed by atoms with van der Waals surface area (Å²) in [5.41, 5.74) is 2.29. The van der Waals surface area contributed by atoms with Gasteiger partial charge in [-0.2, -0.15) is 0 Å². The summed E-state index contributed by atoms with van der Waals surface area (Å²) in [4.78, 5) is 0. The van der Waals surface area contributed by atoms with E-state index in [1.54, 1.807) is 14.2 Å². The minimum Gasteiger partial charge on any atom is -0.493 e. The third-order valence-electron chi connectivity index (χ3n) is 3.33. The Balaban J connectivity index is 2.49. The molecule has 0 saturated carbocycles. The van der Waals surface area contributed by atoms with Gasteiger partial charge in [-0.3, -0.25) is 0 Å². The largest absolute Gasteiger partial charge is 0.493 e. The van der Waals surface area contributed by atoms with Gasteiger partial charge in [0.15, 0.2) is 11.5 Å². The smallest absolute Gasteiger partial charge is 0.179 e. The van der Waals surface area contributed by atoms with E-state index in [0.29, 0.717) is 22.6 Å². The fourth-order valence-electron chi connectivity index (χ4n) is 2.37. The van der Waals surface area contributed by atoms with Crippen LogP contribution in [0.1, 0.15) is 30.0 Å². The molecule has 1 unspecified atom stereocenters. The lowest BCUT2D eigenvalue weighted by Crippen LogP contribution is -2.14. The van der Waals surface area contributed by atoms with E-state index in [9.17, 15) is 0 Å². The topological polar surface area (TPSA) is 30.5 Å². The molecule has 0 spiro atoms. The van der Waals surface area contributed by atoms with Gasteiger partial charge < -0.3 is 14.8 Å². The Morgan fingerprint density at radius 2 is 2.12 bits per heavy atom. The van der Waals surface area contributed by atoms with E-state index in [0.717, 1.165) is 18.5 Å². The van der Waals surface area contributed by atoms with Gasteiger partial charge in [-0.25, -0.2) is 0 Å². The van der Waals surface area contributed by atoms with Gasteiger partial charge in [-0.15, -0.1) is 0 Å². The van der Waals surface area contributed by atoms with Crippen LogP contribution in [0.15, 0.2) is 6.07 Å². The zero-order chi connectivity index (χ0) is 12.4. The monoisotopic (exact) mass is 255 g/mol. The van der Waals surface area contributed by atoms with Crippen molar-refractivity contribution in [2.75, 3.05) is 20.8 Å². The number of halogens is 1. The zero-order valence-corrected chi connectivity index (χ0v) is 11.2. The van der Waals surface area contributed by atoms with E-state index in [1.807, 2.05) is 13.0 Å². The molecule has 17 heavy (non-hydrogen) atoms. The fraction of sp³-hybridized carbons (Fsp3) is 0.538. The second-order valence-corrected chi connectivity index (χ2v) is 4.67. The molecular formula is C13H18ClNO2. The minimum absolute atomic E-state index is 0.382. The average Bonchev–Trinajstić information content (AvgIpc) is 2.85. The highest BCUT2D eigenvalue weighted by molar-refractivity contribution is 6.33. The summed E-state index contributed by atoms with van der Waals surface area (Å²) >= 11 is 6.33. The van der Waals surface area contributed by atoms with Gasteiger partial charge in [0.1, 0.15) is 0 Å². The predicted octanol–water partition coefficient (Wildman–Crippen LogP) is 3.09. The molecule has 94 valence electrons. The molecule has 1 aromatic carbocycles. The molecular weight excluding hydrogens is 238 g/mol. The second-order valence-electron chi connectivity index (χ2n) is 4.29. The van der Waals surface area contributed by atoms with Crippen LogP contribution in [0.5, 0.6) is 11.5 Å². The van der Waals surface area contributed by atoms with Crippen molar-refractivity contribution in [2.24, 2.45) is 0 Å². The van der Waals surface area contributed by atoms with E-state index in [1.165, 1.54) is 12.0 Å². The number of nitrogens with one attached hydrogen (secondary N) is 1. The van der Waals surface area contributed by atoms with Crippen molar-refractivity contribution in [3.8, 4) is 11.5 Å². The van der Waals surface area contributed by atoms with Crippen molar-refractivity contribution in [3.05, 3.63) is 22.2 Å². The lowest BCUT2D eigenvalue weighted by atomic mass is 9.99. The van der Waals surface area contributed by atoms with E-state index in [-0.39, 0.29) is 0 Å². The van der Waals surface area contributed by atoms with Crippen molar-refractivity contribution in [1.29, 1.82) is 0 Å². The average molecular weight is 256 g/mol. The molecule has 4 heteroatoms. The van der Waals surface area contributed by atoms with Crippen molar-refractivity contribution >= 4 is 11.6 Å². The molecule has 1 atom stereocenters. The number of ether oxygens (including phenoxy) is 2. The summed E-state index contributed by atoms with van der Waals surface area (Å²) in [7, 11) is 3.24. The highest BCUT2D eigenvalue weighted by atomic mass is 35.5. The molecule has 0 radical (unpaired) electrons. The first-order valence-corrected chi connectivity index (χ1v) is 6.21. The Hall–Kier alpha value is -0.930. The molecule has 0 aromatic heterocycles. The van der Waals surface area contributed by atoms with E-state index in [4.69, 9.17) is 21.1 Å². The standard InChI is InChI=1S/C13H18ClNO2/c1-8-9(10-5-4-6-15-10)7-11(16-2)13(17-3)12(8)14/h7,10,15H,4-6H2,1-3H3. The highest BCUT2D eigenvalue weighted by Gasteiger charge is 2.23. The number of rotatable bonds is 3. The zero-order valence-electron chi connectivity index (χ0n) is 10.5. The van der Waals surface area contributed by atoms with Gasteiger partial charge in [-0.1, -0.05) is 11.6 Å². The second kappa shape index (κ2) is 5.15. The Labute approximate surface area is 107 Å². The number of methoxy groups -OCH3 is 2. The van der Waals surface area contributed by atoms with Crippen molar-refractivity contribution in [2.45, 2.75) is 25.8 Å². The Bertz CT molecular complexity index is 414. The molecule has 1 saturated heterocycles. The molecule has 1 heterocycles. The van der Waals surface area contributed by atoms with Crippen LogP contribution in [0.3, 0.4) is 0 Å². The Morgan fingerprint density at radius 1 is 1.35 bits per heavy atom. The molecule has 0 bridgehead atoms. The third-order valence-corrected chi connectivity index (χ3v) is 3.79. The molecule has 1 N–H and O–H groups in total. The summed E-state index contributed by atoms with van der Waals surface area (Å²) in [5, 5.41) is 4.12. The van der Waals surface area contributed by atoms with E-state index in [2.05, 4.69) is 5.32 Å². The first kappa shape index (κ1) is 12.5. The molecule has 0 aliphatic carbocycles. The summed E-state index contributed by atoms with van der Waals surface area (Å²) in [6, 6.07) is 2.41. The van der Waals surface area contributed by atoms with Gasteiger partial charge >= 0.3 is 0 Å². The van der Waals surface area contributed by atoms with Crippen molar-refractivity contribution in [3.63, 3.8) is 0 Å². The number of hydrogen-bond donors (Lipinski definition) is 1. The Kier molecular flexibility index (Phi) is 3.79. The number of benzene rings is 1. The van der Waals surface area contributed by atoms with Crippen molar-refractivity contribution in [1.82, 2.24) is 5.32 Å². The molecule has 1 aromatic rings. The van der Waals surface area contributed by atoms with Gasteiger partial charge in [0.2, 0.25) is 0 Å². The maximum Gasteiger partial charge on any atom is 0.179 e. The van der Waals surface area contributed by atoms with Crippen LogP contribution < -0.4 is 14.8 Å². The van der Waals surface area contributed by atoms with Crippen LogP contribution in [0, 0.1) is 6.92 Å². The molecule has 1 aliphatic heterocycles. The van der Waals surface area contributed by atoms with Gasteiger partial charge in [0, 0.05) is 6.04 Å². The highest BCUT2D eigenvalue weighted by Crippen LogP contribution is 2.42. The SMILES string of the molecule is COc1cc(C2CCCN2)c(C)c(Cl)c1OC. The van der Waals surface area contributed by atoms with E-state index < -0.39 is 0 Å². The quantitative estimate of drug-likeness (QED) is 0.900. The van der Waals surface area contributed by atoms with Gasteiger partial charge in [0.25, 0.3) is 0 Å². The maximum absolute atomic E-state index is 6.33. The summed E-state index contributed by atoms with van der Waals surface area (Å²) in [6.07, 6.45) is 2.35. The molecule has 1 aliphatic rings. The molecule has 3 nitrogen and oxygen atoms in total. The third kappa shape index (κ3) is 2.22. The lowest BCUT2D eigenvalue weighted by molar-refractivity contribution is 0.354. The van der Waals surface area contributed by atoms with Crippen LogP contribution in [0.2, 0.25) is 5.02 Å². The number of hydrogen-bond acceptors (Lipinski definition) is 3. The first-order valence-electron chi connectivity index (χ1n) is 5.83.